The van der Waals surface area contributed by atoms with Crippen LogP contribution in [0.3, 0.4) is 0 Å². The molecule has 13 aromatic rings. The van der Waals surface area contributed by atoms with Gasteiger partial charge in [-0.15, -0.1) is 0 Å². The number of fused-ring (bicyclic) bond motifs is 7. The van der Waals surface area contributed by atoms with Crippen molar-refractivity contribution in [2.24, 2.45) is 0 Å². The molecular weight excluding hydrogens is 823 g/mol. The molecule has 0 saturated carbocycles. The van der Waals surface area contributed by atoms with Crippen molar-refractivity contribution < 1.29 is 4.42 Å². The maximum Gasteiger partial charge on any atom is 0.143 e. The van der Waals surface area contributed by atoms with Gasteiger partial charge < -0.3 is 9.32 Å². The van der Waals surface area contributed by atoms with Crippen LogP contribution in [-0.2, 0) is 0 Å². The van der Waals surface area contributed by atoms with E-state index in [0.717, 1.165) is 61.3 Å². The zero-order chi connectivity index (χ0) is 45.0. The summed E-state index contributed by atoms with van der Waals surface area (Å²) in [6.07, 6.45) is 0. The van der Waals surface area contributed by atoms with Crippen LogP contribution in [0.25, 0.3) is 110 Å². The Balaban J connectivity index is 0.904. The number of para-hydroxylation sites is 2. The largest absolute Gasteiger partial charge is 0.455 e. The highest BCUT2D eigenvalue weighted by atomic mass is 16.3. The summed E-state index contributed by atoms with van der Waals surface area (Å²) in [6.45, 7) is 0. The highest BCUT2D eigenvalue weighted by Crippen LogP contribution is 2.44. The molecule has 0 saturated heterocycles. The summed E-state index contributed by atoms with van der Waals surface area (Å²) in [5, 5.41) is 9.60. The van der Waals surface area contributed by atoms with E-state index in [9.17, 15) is 0 Å². The number of hydrogen-bond acceptors (Lipinski definition) is 2. The Bertz CT molecular complexity index is 4000. The van der Waals surface area contributed by atoms with Crippen LogP contribution in [0.5, 0.6) is 0 Å². The normalized spacial score (nSPS) is 11.5. The highest BCUT2D eigenvalue weighted by molar-refractivity contribution is 6.15. The first-order valence-electron chi connectivity index (χ1n) is 23.3. The molecule has 13 rings (SSSR count). The molecule has 318 valence electrons. The second-order valence-electron chi connectivity index (χ2n) is 17.6. The van der Waals surface area contributed by atoms with Gasteiger partial charge in [0.05, 0.1) is 5.69 Å². The lowest BCUT2D eigenvalue weighted by atomic mass is 9.92. The summed E-state index contributed by atoms with van der Waals surface area (Å²) in [7, 11) is 0. The highest BCUT2D eigenvalue weighted by Gasteiger charge is 2.19. The van der Waals surface area contributed by atoms with Crippen LogP contribution in [0.15, 0.2) is 265 Å². The third-order valence-corrected chi connectivity index (χ3v) is 13.6. The van der Waals surface area contributed by atoms with Gasteiger partial charge in [0.1, 0.15) is 11.2 Å². The van der Waals surface area contributed by atoms with Crippen LogP contribution in [0, 0.1) is 0 Å². The van der Waals surface area contributed by atoms with Crippen molar-refractivity contribution in [2.45, 2.75) is 0 Å². The van der Waals surface area contributed by atoms with E-state index in [1.165, 1.54) is 65.7 Å². The summed E-state index contributed by atoms with van der Waals surface area (Å²) in [6, 6.07) is 94.5. The molecule has 0 aliphatic carbocycles. The van der Waals surface area contributed by atoms with Crippen LogP contribution in [0.1, 0.15) is 0 Å². The lowest BCUT2D eigenvalue weighted by molar-refractivity contribution is 0.670. The molecule has 0 spiro atoms. The summed E-state index contributed by atoms with van der Waals surface area (Å²) >= 11 is 0. The molecule has 68 heavy (non-hydrogen) atoms. The molecule has 2 heteroatoms. The van der Waals surface area contributed by atoms with Crippen LogP contribution < -0.4 is 4.90 Å². The zero-order valence-electron chi connectivity index (χ0n) is 37.2. The van der Waals surface area contributed by atoms with E-state index in [1.807, 2.05) is 12.1 Å². The number of nitrogens with zero attached hydrogens (tertiary/aromatic N) is 1. The minimum absolute atomic E-state index is 0.906. The average molecular weight is 866 g/mol. The Morgan fingerprint density at radius 3 is 1.50 bits per heavy atom. The lowest BCUT2D eigenvalue weighted by Gasteiger charge is -2.28. The molecule has 0 bridgehead atoms. The van der Waals surface area contributed by atoms with Crippen molar-refractivity contribution in [1.29, 1.82) is 0 Å². The molecule has 1 aromatic heterocycles. The molecule has 0 aliphatic heterocycles. The third kappa shape index (κ3) is 6.90. The average Bonchev–Trinajstić information content (AvgIpc) is 3.81. The molecule has 0 unspecified atom stereocenters. The van der Waals surface area contributed by atoms with Gasteiger partial charge in [-0.25, -0.2) is 0 Å². The number of rotatable bonds is 8. The Hall–Kier alpha value is -8.98. The predicted octanol–water partition coefficient (Wildman–Crippen LogP) is 18.9. The Kier molecular flexibility index (Phi) is 9.54. The summed E-state index contributed by atoms with van der Waals surface area (Å²) in [5.41, 5.74) is 16.8. The van der Waals surface area contributed by atoms with Crippen molar-refractivity contribution in [2.75, 3.05) is 4.90 Å². The molecule has 1 heterocycles. The number of anilines is 3. The minimum Gasteiger partial charge on any atom is -0.455 e. The van der Waals surface area contributed by atoms with Gasteiger partial charge in [0.25, 0.3) is 0 Å². The molecule has 2 nitrogen and oxygen atoms in total. The topological polar surface area (TPSA) is 16.4 Å². The molecule has 0 N–H and O–H groups in total. The van der Waals surface area contributed by atoms with Gasteiger partial charge in [-0.3, -0.25) is 0 Å². The van der Waals surface area contributed by atoms with E-state index in [2.05, 4.69) is 254 Å². The maximum atomic E-state index is 6.45. The van der Waals surface area contributed by atoms with Crippen molar-refractivity contribution in [1.82, 2.24) is 0 Å². The van der Waals surface area contributed by atoms with E-state index in [4.69, 9.17) is 4.42 Å². The molecule has 0 fully saturated rings. The van der Waals surface area contributed by atoms with E-state index in [0.29, 0.717) is 0 Å². The maximum absolute atomic E-state index is 6.45. The first kappa shape index (κ1) is 39.4. The van der Waals surface area contributed by atoms with Gasteiger partial charge in [0.2, 0.25) is 0 Å². The van der Waals surface area contributed by atoms with Gasteiger partial charge in [-0.2, -0.15) is 0 Å². The second kappa shape index (κ2) is 16.5. The van der Waals surface area contributed by atoms with Crippen molar-refractivity contribution in [3.8, 4) is 55.6 Å². The second-order valence-corrected chi connectivity index (χ2v) is 17.6. The van der Waals surface area contributed by atoms with Gasteiger partial charge in [0, 0.05) is 33.1 Å². The van der Waals surface area contributed by atoms with Gasteiger partial charge in [-0.05, 0) is 132 Å². The first-order valence-corrected chi connectivity index (χ1v) is 23.3. The van der Waals surface area contributed by atoms with Crippen LogP contribution in [0.2, 0.25) is 0 Å². The Morgan fingerprint density at radius 1 is 0.250 bits per heavy atom. The van der Waals surface area contributed by atoms with Crippen molar-refractivity contribution in [3.63, 3.8) is 0 Å². The molecule has 0 aliphatic rings. The Morgan fingerprint density at radius 2 is 0.750 bits per heavy atom. The quantitative estimate of drug-likeness (QED) is 0.142. The molecule has 0 atom stereocenters. The van der Waals surface area contributed by atoms with E-state index in [-0.39, 0.29) is 0 Å². The first-order chi connectivity index (χ1) is 33.7. The fourth-order valence-electron chi connectivity index (χ4n) is 10.3. The van der Waals surface area contributed by atoms with Gasteiger partial charge >= 0.3 is 0 Å². The number of benzene rings is 12. The van der Waals surface area contributed by atoms with Crippen LogP contribution >= 0.6 is 0 Å². The summed E-state index contributed by atoms with van der Waals surface area (Å²) in [5.74, 6) is 0. The third-order valence-electron chi connectivity index (χ3n) is 13.6. The molecule has 12 aromatic carbocycles. The fourth-order valence-corrected chi connectivity index (χ4v) is 10.3. The van der Waals surface area contributed by atoms with Crippen molar-refractivity contribution in [3.05, 3.63) is 261 Å². The number of furan rings is 1. The van der Waals surface area contributed by atoms with E-state index >= 15 is 0 Å². The SMILES string of the molecule is c1ccc(-c2ccc(-c3cc(-c4ccc(N(c5ccc(-c6cccc(-c7cccc8c7oc7ccccc78)c6)cc5)c5cc6ccccc6c6ccccc56)cc4)c4ccccc4c3)cc2)cc1. The number of hydrogen-bond donors (Lipinski definition) is 0. The fraction of sp³-hybridized carbons (Fsp3) is 0. The van der Waals surface area contributed by atoms with Crippen LogP contribution in [0.4, 0.5) is 17.1 Å². The zero-order valence-corrected chi connectivity index (χ0v) is 37.2. The monoisotopic (exact) mass is 865 g/mol. The smallest absolute Gasteiger partial charge is 0.143 e. The molecule has 0 radical (unpaired) electrons. The molecule has 0 amide bonds. The predicted molar refractivity (Wildman–Crippen MR) is 288 cm³/mol. The van der Waals surface area contributed by atoms with Crippen LogP contribution in [-0.4, -0.2) is 0 Å². The standard InChI is InChI=1S/C66H43NO/c1-2-14-44(15-3-1)45-28-30-47(31-29-45)53-41-50-16-4-7-21-57(50)63(42-53)48-34-38-55(39-35-48)67(64-43-52-17-5-6-20-56(52)59-22-8-9-23-60(59)64)54-36-32-46(33-37-54)49-18-12-19-51(40-49)58-25-13-26-62-61-24-10-11-27-65(61)68-66(58)62/h1-43H. The van der Waals surface area contributed by atoms with Crippen molar-refractivity contribution >= 4 is 71.3 Å². The summed E-state index contributed by atoms with van der Waals surface area (Å²) in [4.78, 5) is 2.42. The van der Waals surface area contributed by atoms with Gasteiger partial charge in [-0.1, -0.05) is 206 Å². The minimum atomic E-state index is 0.906. The van der Waals surface area contributed by atoms with E-state index in [1.54, 1.807) is 0 Å². The summed E-state index contributed by atoms with van der Waals surface area (Å²) < 4.78 is 6.45. The van der Waals surface area contributed by atoms with E-state index < -0.39 is 0 Å². The molecular formula is C66H43NO. The Labute approximate surface area is 395 Å². The lowest BCUT2D eigenvalue weighted by Crippen LogP contribution is -2.10. The van der Waals surface area contributed by atoms with Gasteiger partial charge in [0.15, 0.2) is 0 Å².